The Bertz CT molecular complexity index is 197. The molecule has 0 fully saturated rings. The van der Waals surface area contributed by atoms with E-state index in [2.05, 4.69) is 16.4 Å². The summed E-state index contributed by atoms with van der Waals surface area (Å²) in [6.07, 6.45) is 4.87. The first-order valence-corrected chi connectivity index (χ1v) is 3.13. The molecule has 1 aliphatic rings. The van der Waals surface area contributed by atoms with Crippen LogP contribution in [-0.4, -0.2) is 11.5 Å². The predicted molar refractivity (Wildman–Crippen MR) is 36.4 cm³/mol. The maximum Gasteiger partial charge on any atom is 0.0560 e. The molecule has 0 saturated carbocycles. The summed E-state index contributed by atoms with van der Waals surface area (Å²) in [4.78, 5) is 3.99. The maximum absolute atomic E-state index is 3.99. The smallest absolute Gasteiger partial charge is 0.0560 e. The SMILES string of the molecule is c1cc2c(cn1)NCC2. The average molecular weight is 120 g/mol. The Kier molecular flexibility index (Phi) is 0.918. The summed E-state index contributed by atoms with van der Waals surface area (Å²) in [5.74, 6) is 0. The van der Waals surface area contributed by atoms with Gasteiger partial charge < -0.3 is 5.32 Å². The van der Waals surface area contributed by atoms with E-state index in [1.54, 1.807) is 0 Å². The second-order valence-corrected chi connectivity index (χ2v) is 2.21. The fourth-order valence-electron chi connectivity index (χ4n) is 1.13. The van der Waals surface area contributed by atoms with E-state index in [1.807, 2.05) is 12.4 Å². The number of aromatic nitrogens is 1. The Morgan fingerprint density at radius 1 is 1.56 bits per heavy atom. The molecule has 0 saturated heterocycles. The van der Waals surface area contributed by atoms with Crippen LogP contribution in [0.2, 0.25) is 0 Å². The highest BCUT2D eigenvalue weighted by Gasteiger charge is 2.06. The van der Waals surface area contributed by atoms with Crippen molar-refractivity contribution in [2.75, 3.05) is 11.9 Å². The summed E-state index contributed by atoms with van der Waals surface area (Å²) in [5.41, 5.74) is 2.60. The zero-order valence-corrected chi connectivity index (χ0v) is 5.09. The highest BCUT2D eigenvalue weighted by Crippen LogP contribution is 2.18. The first-order chi connectivity index (χ1) is 4.47. The van der Waals surface area contributed by atoms with Gasteiger partial charge in [0, 0.05) is 12.7 Å². The van der Waals surface area contributed by atoms with E-state index in [-0.39, 0.29) is 0 Å². The van der Waals surface area contributed by atoms with Crippen LogP contribution in [-0.2, 0) is 6.42 Å². The van der Waals surface area contributed by atoms with Crippen molar-refractivity contribution in [3.8, 4) is 0 Å². The molecule has 1 aromatic rings. The molecule has 2 rings (SSSR count). The van der Waals surface area contributed by atoms with Crippen molar-refractivity contribution in [2.24, 2.45) is 0 Å². The molecule has 0 unspecified atom stereocenters. The minimum Gasteiger partial charge on any atom is -0.383 e. The summed E-state index contributed by atoms with van der Waals surface area (Å²) >= 11 is 0. The van der Waals surface area contributed by atoms with E-state index < -0.39 is 0 Å². The third-order valence-corrected chi connectivity index (χ3v) is 1.62. The van der Waals surface area contributed by atoms with E-state index in [1.165, 1.54) is 11.3 Å². The molecular formula is C7H8N2. The molecule has 0 aromatic carbocycles. The minimum absolute atomic E-state index is 1.07. The molecule has 9 heavy (non-hydrogen) atoms. The number of nitrogens with zero attached hydrogens (tertiary/aromatic N) is 1. The van der Waals surface area contributed by atoms with Crippen LogP contribution in [0.4, 0.5) is 5.69 Å². The molecule has 2 nitrogen and oxygen atoms in total. The zero-order chi connectivity index (χ0) is 6.10. The van der Waals surface area contributed by atoms with Crippen LogP contribution < -0.4 is 5.32 Å². The number of fused-ring (bicyclic) bond motifs is 1. The van der Waals surface area contributed by atoms with Crippen LogP contribution in [0.15, 0.2) is 18.5 Å². The van der Waals surface area contributed by atoms with Crippen LogP contribution in [0.25, 0.3) is 0 Å². The predicted octanol–water partition coefficient (Wildman–Crippen LogP) is 1.05. The lowest BCUT2D eigenvalue weighted by Crippen LogP contribution is -1.90. The molecule has 2 heteroatoms. The molecule has 1 N–H and O–H groups in total. The van der Waals surface area contributed by atoms with Gasteiger partial charge in [-0.3, -0.25) is 4.98 Å². The van der Waals surface area contributed by atoms with E-state index in [4.69, 9.17) is 0 Å². The van der Waals surface area contributed by atoms with Gasteiger partial charge in [0.25, 0.3) is 0 Å². The molecular weight excluding hydrogens is 112 g/mol. The first-order valence-electron chi connectivity index (χ1n) is 3.13. The molecule has 0 radical (unpaired) electrons. The Balaban J connectivity index is 2.54. The Hall–Kier alpha value is -1.05. The van der Waals surface area contributed by atoms with Crippen LogP contribution >= 0.6 is 0 Å². The van der Waals surface area contributed by atoms with Gasteiger partial charge >= 0.3 is 0 Å². The number of pyridine rings is 1. The lowest BCUT2D eigenvalue weighted by atomic mass is 10.2. The van der Waals surface area contributed by atoms with Crippen molar-refractivity contribution < 1.29 is 0 Å². The van der Waals surface area contributed by atoms with Gasteiger partial charge in [-0.15, -0.1) is 0 Å². The molecule has 0 spiro atoms. The molecule has 0 amide bonds. The van der Waals surface area contributed by atoms with Gasteiger partial charge in [-0.25, -0.2) is 0 Å². The number of hydrogen-bond acceptors (Lipinski definition) is 2. The van der Waals surface area contributed by atoms with E-state index >= 15 is 0 Å². The molecule has 1 aliphatic heterocycles. The normalized spacial score (nSPS) is 14.7. The summed E-state index contributed by atoms with van der Waals surface area (Å²) in [6.45, 7) is 1.07. The first kappa shape index (κ1) is 4.79. The highest BCUT2D eigenvalue weighted by atomic mass is 14.9. The second-order valence-electron chi connectivity index (χ2n) is 2.21. The fourth-order valence-corrected chi connectivity index (χ4v) is 1.13. The van der Waals surface area contributed by atoms with Gasteiger partial charge in [0.1, 0.15) is 0 Å². The largest absolute Gasteiger partial charge is 0.383 e. The van der Waals surface area contributed by atoms with Gasteiger partial charge in [-0.2, -0.15) is 0 Å². The number of hydrogen-bond donors (Lipinski definition) is 1. The zero-order valence-electron chi connectivity index (χ0n) is 5.09. The number of nitrogens with one attached hydrogen (secondary N) is 1. The molecule has 0 aliphatic carbocycles. The Morgan fingerprint density at radius 2 is 2.56 bits per heavy atom. The van der Waals surface area contributed by atoms with Crippen molar-refractivity contribution >= 4 is 5.69 Å². The molecule has 1 aromatic heterocycles. The number of anilines is 1. The third kappa shape index (κ3) is 0.669. The molecule has 46 valence electrons. The molecule has 2 heterocycles. The van der Waals surface area contributed by atoms with Crippen LogP contribution in [0, 0.1) is 0 Å². The summed E-state index contributed by atoms with van der Waals surface area (Å²) in [6, 6.07) is 2.06. The van der Waals surface area contributed by atoms with Crippen molar-refractivity contribution in [1.29, 1.82) is 0 Å². The van der Waals surface area contributed by atoms with Crippen molar-refractivity contribution in [3.05, 3.63) is 24.0 Å². The quantitative estimate of drug-likeness (QED) is 0.553. The summed E-state index contributed by atoms with van der Waals surface area (Å²) in [7, 11) is 0. The van der Waals surface area contributed by atoms with Crippen molar-refractivity contribution in [3.63, 3.8) is 0 Å². The van der Waals surface area contributed by atoms with E-state index in [0.717, 1.165) is 13.0 Å². The second kappa shape index (κ2) is 1.72. The van der Waals surface area contributed by atoms with Crippen LogP contribution in [0.5, 0.6) is 0 Å². The highest BCUT2D eigenvalue weighted by molar-refractivity contribution is 5.52. The topological polar surface area (TPSA) is 24.9 Å². The number of rotatable bonds is 0. The fraction of sp³-hybridized carbons (Fsp3) is 0.286. The molecule has 0 atom stereocenters. The van der Waals surface area contributed by atoms with Gasteiger partial charge in [0.2, 0.25) is 0 Å². The Labute approximate surface area is 53.9 Å². The van der Waals surface area contributed by atoms with Gasteiger partial charge in [-0.05, 0) is 18.1 Å². The lowest BCUT2D eigenvalue weighted by Gasteiger charge is -1.93. The van der Waals surface area contributed by atoms with Gasteiger partial charge in [-0.1, -0.05) is 0 Å². The van der Waals surface area contributed by atoms with Crippen LogP contribution in [0.3, 0.4) is 0 Å². The van der Waals surface area contributed by atoms with E-state index in [0.29, 0.717) is 0 Å². The summed E-state index contributed by atoms with van der Waals surface area (Å²) in [5, 5.41) is 3.24. The van der Waals surface area contributed by atoms with Crippen molar-refractivity contribution in [2.45, 2.75) is 6.42 Å². The maximum atomic E-state index is 3.99. The van der Waals surface area contributed by atoms with Crippen LogP contribution in [0.1, 0.15) is 5.56 Å². The lowest BCUT2D eigenvalue weighted by molar-refractivity contribution is 1.10. The Morgan fingerprint density at radius 3 is 3.44 bits per heavy atom. The average Bonchev–Trinajstić information content (AvgIpc) is 2.33. The minimum atomic E-state index is 1.07. The molecule has 0 bridgehead atoms. The van der Waals surface area contributed by atoms with Gasteiger partial charge in [0.05, 0.1) is 11.9 Å². The third-order valence-electron chi connectivity index (χ3n) is 1.62. The summed E-state index contributed by atoms with van der Waals surface area (Å²) < 4.78 is 0. The van der Waals surface area contributed by atoms with Gasteiger partial charge in [0.15, 0.2) is 0 Å². The van der Waals surface area contributed by atoms with Crippen molar-refractivity contribution in [1.82, 2.24) is 4.98 Å². The monoisotopic (exact) mass is 120 g/mol. The standard InChI is InChI=1S/C7H8N2/c1-3-8-5-7-6(1)2-4-9-7/h1,3,5,9H,2,4H2. The van der Waals surface area contributed by atoms with E-state index in [9.17, 15) is 0 Å².